The molecule has 6 fully saturated rings. The van der Waals surface area contributed by atoms with Crippen molar-refractivity contribution in [2.45, 2.75) is 150 Å². The molecule has 48 heavy (non-hydrogen) atoms. The van der Waals surface area contributed by atoms with Gasteiger partial charge in [-0.3, -0.25) is 19.2 Å². The molecule has 0 heterocycles. The zero-order valence-electron chi connectivity index (χ0n) is 30.4. The SMILES string of the molecule is CC(=O)[C@@]1(O)CC[C@H]2[C@@H]3CCC4=CC(=O)CC[C@]4(C)[C@H]3CC[C@@]21C.CC(=O)[C@H]1C(O)C[C@H]2[C@@H]3CCC4=CC(=O)CC[C@]4(C)[C@H]3CC[C@]12C. The van der Waals surface area contributed by atoms with Gasteiger partial charge in [0.15, 0.2) is 17.3 Å². The topological polar surface area (TPSA) is 109 Å². The number of aliphatic hydroxyl groups excluding tert-OH is 1. The van der Waals surface area contributed by atoms with E-state index >= 15 is 0 Å². The lowest BCUT2D eigenvalue weighted by molar-refractivity contribution is -0.160. The Kier molecular flexibility index (Phi) is 8.31. The average molecular weight is 661 g/mol. The molecule has 6 heteroatoms. The zero-order valence-corrected chi connectivity index (χ0v) is 30.4. The lowest BCUT2D eigenvalue weighted by atomic mass is 9.46. The number of rotatable bonds is 2. The summed E-state index contributed by atoms with van der Waals surface area (Å²) in [6.45, 7) is 12.4. The Bertz CT molecular complexity index is 1420. The van der Waals surface area contributed by atoms with Gasteiger partial charge in [-0.1, -0.05) is 38.8 Å². The molecule has 8 rings (SSSR count). The van der Waals surface area contributed by atoms with Crippen LogP contribution in [0.2, 0.25) is 0 Å². The minimum absolute atomic E-state index is 0.0333. The summed E-state index contributed by atoms with van der Waals surface area (Å²) < 4.78 is 0. The first kappa shape index (κ1) is 34.5. The van der Waals surface area contributed by atoms with Gasteiger partial charge in [-0.2, -0.15) is 0 Å². The molecule has 0 bridgehead atoms. The Morgan fingerprint density at radius 1 is 0.667 bits per heavy atom. The summed E-state index contributed by atoms with van der Waals surface area (Å²) in [6.07, 6.45) is 17.6. The van der Waals surface area contributed by atoms with Crippen LogP contribution in [0.4, 0.5) is 0 Å². The number of fused-ring (bicyclic) bond motifs is 10. The Morgan fingerprint density at radius 3 is 1.69 bits per heavy atom. The summed E-state index contributed by atoms with van der Waals surface area (Å²) in [5.74, 6) is 3.85. The van der Waals surface area contributed by atoms with E-state index in [0.29, 0.717) is 66.3 Å². The van der Waals surface area contributed by atoms with Crippen molar-refractivity contribution in [3.8, 4) is 0 Å². The average Bonchev–Trinajstić information content (AvgIpc) is 3.47. The predicted molar refractivity (Wildman–Crippen MR) is 185 cm³/mol. The van der Waals surface area contributed by atoms with E-state index in [0.717, 1.165) is 77.0 Å². The largest absolute Gasteiger partial charge is 0.392 e. The van der Waals surface area contributed by atoms with Crippen molar-refractivity contribution >= 4 is 23.1 Å². The molecule has 6 nitrogen and oxygen atoms in total. The van der Waals surface area contributed by atoms with Gasteiger partial charge in [0.25, 0.3) is 0 Å². The van der Waals surface area contributed by atoms with Gasteiger partial charge < -0.3 is 10.2 Å². The van der Waals surface area contributed by atoms with Gasteiger partial charge in [0.05, 0.1) is 6.10 Å². The smallest absolute Gasteiger partial charge is 0.161 e. The van der Waals surface area contributed by atoms with Gasteiger partial charge in [0.2, 0.25) is 0 Å². The molecule has 0 radical (unpaired) electrons. The molecular formula is C42H60O6. The molecule has 1 unspecified atom stereocenters. The number of allylic oxidation sites excluding steroid dienone is 2. The third-order valence-corrected chi connectivity index (χ3v) is 17.1. The molecule has 264 valence electrons. The van der Waals surface area contributed by atoms with Crippen LogP contribution in [0, 0.1) is 63.1 Å². The second-order valence-corrected chi connectivity index (χ2v) is 18.8. The highest BCUT2D eigenvalue weighted by Crippen LogP contribution is 2.68. The molecule has 2 N–H and O–H groups in total. The highest BCUT2D eigenvalue weighted by atomic mass is 16.3. The summed E-state index contributed by atoms with van der Waals surface area (Å²) in [7, 11) is 0. The van der Waals surface area contributed by atoms with Crippen molar-refractivity contribution < 1.29 is 29.4 Å². The van der Waals surface area contributed by atoms with Crippen molar-refractivity contribution in [3.05, 3.63) is 23.3 Å². The van der Waals surface area contributed by atoms with Crippen molar-refractivity contribution in [3.63, 3.8) is 0 Å². The molecule has 0 saturated heterocycles. The molecule has 0 spiro atoms. The molecule has 8 aliphatic carbocycles. The number of hydrogen-bond acceptors (Lipinski definition) is 6. The quantitative estimate of drug-likeness (QED) is 0.317. The summed E-state index contributed by atoms with van der Waals surface area (Å²) in [5.41, 5.74) is 1.67. The molecule has 0 aromatic carbocycles. The maximum atomic E-state index is 12.2. The third-order valence-electron chi connectivity index (χ3n) is 17.1. The summed E-state index contributed by atoms with van der Waals surface area (Å²) in [6, 6.07) is 0. The van der Waals surface area contributed by atoms with Crippen LogP contribution in [0.25, 0.3) is 0 Å². The van der Waals surface area contributed by atoms with E-state index in [2.05, 4.69) is 27.7 Å². The highest BCUT2D eigenvalue weighted by Gasteiger charge is 2.66. The van der Waals surface area contributed by atoms with E-state index in [1.807, 2.05) is 12.2 Å². The van der Waals surface area contributed by atoms with Crippen molar-refractivity contribution in [1.29, 1.82) is 0 Å². The van der Waals surface area contributed by atoms with Gasteiger partial charge >= 0.3 is 0 Å². The van der Waals surface area contributed by atoms with Crippen LogP contribution in [-0.4, -0.2) is 45.1 Å². The molecule has 0 aliphatic heterocycles. The first-order valence-corrected chi connectivity index (χ1v) is 19.4. The highest BCUT2D eigenvalue weighted by molar-refractivity contribution is 5.92. The number of ketones is 4. The molecule has 8 aliphatic rings. The van der Waals surface area contributed by atoms with Crippen LogP contribution in [0.3, 0.4) is 0 Å². The van der Waals surface area contributed by atoms with Gasteiger partial charge in [-0.25, -0.2) is 0 Å². The van der Waals surface area contributed by atoms with Crippen LogP contribution in [0.5, 0.6) is 0 Å². The Labute approximate surface area is 288 Å². The first-order valence-electron chi connectivity index (χ1n) is 19.4. The normalized spacial score (nSPS) is 50.6. The van der Waals surface area contributed by atoms with E-state index in [-0.39, 0.29) is 39.1 Å². The molecular weight excluding hydrogens is 600 g/mol. The van der Waals surface area contributed by atoms with E-state index in [1.54, 1.807) is 13.8 Å². The number of aliphatic hydroxyl groups is 2. The van der Waals surface area contributed by atoms with Crippen molar-refractivity contribution in [1.82, 2.24) is 0 Å². The Balaban J connectivity index is 0.000000152. The molecule has 0 aromatic rings. The molecule has 0 aromatic heterocycles. The van der Waals surface area contributed by atoms with Crippen molar-refractivity contribution in [2.24, 2.45) is 63.1 Å². The fraction of sp³-hybridized carbons (Fsp3) is 0.810. The zero-order chi connectivity index (χ0) is 34.6. The number of hydrogen-bond donors (Lipinski definition) is 2. The monoisotopic (exact) mass is 660 g/mol. The van der Waals surface area contributed by atoms with Crippen LogP contribution < -0.4 is 0 Å². The van der Waals surface area contributed by atoms with Gasteiger partial charge in [0, 0.05) is 24.2 Å². The lowest BCUT2D eigenvalue weighted by Crippen LogP contribution is -2.57. The van der Waals surface area contributed by atoms with Crippen LogP contribution in [0.1, 0.15) is 138 Å². The second kappa shape index (κ2) is 11.6. The standard InChI is InChI=1S/2C21H30O3/c1-13(22)21(24)11-8-18-16-5-4-14-12-15(23)6-9-19(14,2)17(16)7-10-20(18,21)3;1-12(22)19-18(24)11-17-15-5-4-13-10-14(23)6-8-20(13,2)16(15)7-9-21(17,19)3/h12,16-18,24H,4-11H2,1-3H3;10,15-19,24H,4-9,11H2,1-3H3/t16-,17+,18+,19+,20+,21+;15-,16+,17+,18?,19+,20+,21+/m11/s1. The van der Waals surface area contributed by atoms with Gasteiger partial charge in [-0.15, -0.1) is 0 Å². The molecule has 13 atom stereocenters. The number of carbonyl (C=O) groups excluding carboxylic acids is 4. The van der Waals surface area contributed by atoms with E-state index in [1.165, 1.54) is 11.1 Å². The minimum Gasteiger partial charge on any atom is -0.392 e. The maximum Gasteiger partial charge on any atom is 0.161 e. The van der Waals surface area contributed by atoms with Crippen LogP contribution in [-0.2, 0) is 19.2 Å². The van der Waals surface area contributed by atoms with Gasteiger partial charge in [-0.05, 0) is 161 Å². The first-order chi connectivity index (χ1) is 22.5. The number of carbonyl (C=O) groups is 4. The fourth-order valence-electron chi connectivity index (χ4n) is 14.5. The molecule has 0 amide bonds. The minimum atomic E-state index is -1.12. The molecule has 6 saturated carbocycles. The van der Waals surface area contributed by atoms with Crippen LogP contribution >= 0.6 is 0 Å². The third kappa shape index (κ3) is 4.76. The lowest BCUT2D eigenvalue weighted by Gasteiger charge is -2.58. The summed E-state index contributed by atoms with van der Waals surface area (Å²) in [5, 5.41) is 21.7. The van der Waals surface area contributed by atoms with E-state index in [9.17, 15) is 29.4 Å². The second-order valence-electron chi connectivity index (χ2n) is 18.8. The van der Waals surface area contributed by atoms with Gasteiger partial charge in [0.1, 0.15) is 11.4 Å². The summed E-state index contributed by atoms with van der Waals surface area (Å²) >= 11 is 0. The fourth-order valence-corrected chi connectivity index (χ4v) is 14.5. The summed E-state index contributed by atoms with van der Waals surface area (Å²) in [4.78, 5) is 48.2. The van der Waals surface area contributed by atoms with E-state index in [4.69, 9.17) is 0 Å². The predicted octanol–water partition coefficient (Wildman–Crippen LogP) is 7.53. The number of Topliss-reactive ketones (excluding diaryl/α,β-unsaturated/α-hetero) is 2. The Morgan fingerprint density at radius 2 is 1.17 bits per heavy atom. The van der Waals surface area contributed by atoms with E-state index < -0.39 is 11.7 Å². The maximum absolute atomic E-state index is 12.2. The Hall–Kier alpha value is -1.92. The van der Waals surface area contributed by atoms with Crippen molar-refractivity contribution in [2.75, 3.05) is 0 Å². The van der Waals surface area contributed by atoms with Crippen LogP contribution in [0.15, 0.2) is 23.3 Å².